The largest absolute Gasteiger partial charge is 0.367 e. The summed E-state index contributed by atoms with van der Waals surface area (Å²) in [5.41, 5.74) is 5.43. The van der Waals surface area contributed by atoms with Crippen molar-refractivity contribution in [2.45, 2.75) is 65.1 Å². The van der Waals surface area contributed by atoms with Gasteiger partial charge in [0.2, 0.25) is 5.91 Å². The zero-order valence-electron chi connectivity index (χ0n) is 12.9. The molecule has 0 spiro atoms. The summed E-state index contributed by atoms with van der Waals surface area (Å²) in [6.45, 7) is 10.1. The van der Waals surface area contributed by atoms with E-state index < -0.39 is 0 Å². The molecule has 0 radical (unpaired) electrons. The summed E-state index contributed by atoms with van der Waals surface area (Å²) in [6.07, 6.45) is 4.06. The molecule has 1 saturated heterocycles. The second kappa shape index (κ2) is 7.25. The molecular formula is C15H30N2O2. The Balaban J connectivity index is 2.72. The number of hydrogen-bond acceptors (Lipinski definition) is 3. The van der Waals surface area contributed by atoms with Crippen molar-refractivity contribution < 1.29 is 9.53 Å². The van der Waals surface area contributed by atoms with Crippen LogP contribution in [0.3, 0.4) is 0 Å². The minimum Gasteiger partial charge on any atom is -0.367 e. The average Bonchev–Trinajstić information content (AvgIpc) is 2.35. The zero-order chi connectivity index (χ0) is 14.5. The Labute approximate surface area is 117 Å². The Bertz CT molecular complexity index is 286. The van der Waals surface area contributed by atoms with Crippen LogP contribution >= 0.6 is 0 Å². The normalized spacial score (nSPS) is 22.8. The highest BCUT2D eigenvalue weighted by Crippen LogP contribution is 2.24. The summed E-state index contributed by atoms with van der Waals surface area (Å²) in [4.78, 5) is 14.6. The van der Waals surface area contributed by atoms with Gasteiger partial charge >= 0.3 is 0 Å². The van der Waals surface area contributed by atoms with E-state index in [4.69, 9.17) is 10.5 Å². The third-order valence-electron chi connectivity index (χ3n) is 3.68. The van der Waals surface area contributed by atoms with E-state index in [1.54, 1.807) is 0 Å². The molecule has 0 saturated carbocycles. The van der Waals surface area contributed by atoms with Crippen molar-refractivity contribution in [3.05, 3.63) is 0 Å². The third kappa shape index (κ3) is 4.77. The molecule has 0 aromatic rings. The number of carbonyl (C=O) groups is 1. The van der Waals surface area contributed by atoms with Crippen LogP contribution in [-0.4, -0.2) is 42.1 Å². The highest BCUT2D eigenvalue weighted by Gasteiger charge is 2.36. The molecule has 1 rings (SSSR count). The van der Waals surface area contributed by atoms with Crippen LogP contribution in [0.5, 0.6) is 0 Å². The van der Waals surface area contributed by atoms with Gasteiger partial charge in [-0.2, -0.15) is 0 Å². The molecule has 1 aliphatic rings. The Hall–Kier alpha value is -0.610. The smallest absolute Gasteiger partial charge is 0.225 e. The first kappa shape index (κ1) is 16.4. The van der Waals surface area contributed by atoms with Crippen molar-refractivity contribution in [1.82, 2.24) is 4.90 Å². The van der Waals surface area contributed by atoms with E-state index in [0.717, 1.165) is 25.7 Å². The Morgan fingerprint density at radius 3 is 2.42 bits per heavy atom. The molecule has 0 aromatic heterocycles. The molecule has 1 amide bonds. The molecule has 1 fully saturated rings. The minimum absolute atomic E-state index is 0.0309. The number of amides is 1. The molecule has 1 unspecified atom stereocenters. The van der Waals surface area contributed by atoms with Gasteiger partial charge in [0.1, 0.15) is 0 Å². The first-order chi connectivity index (χ1) is 8.93. The lowest BCUT2D eigenvalue weighted by atomic mass is 9.95. The Morgan fingerprint density at radius 2 is 1.95 bits per heavy atom. The lowest BCUT2D eigenvalue weighted by Crippen LogP contribution is -2.57. The van der Waals surface area contributed by atoms with Crippen molar-refractivity contribution in [2.75, 3.05) is 19.6 Å². The van der Waals surface area contributed by atoms with Gasteiger partial charge in [0.05, 0.1) is 11.7 Å². The van der Waals surface area contributed by atoms with Crippen molar-refractivity contribution in [2.24, 2.45) is 11.7 Å². The molecular weight excluding hydrogens is 240 g/mol. The molecule has 19 heavy (non-hydrogen) atoms. The van der Waals surface area contributed by atoms with Crippen molar-refractivity contribution in [3.8, 4) is 0 Å². The lowest BCUT2D eigenvalue weighted by Gasteiger charge is -2.43. The monoisotopic (exact) mass is 270 g/mol. The van der Waals surface area contributed by atoms with Gasteiger partial charge in [-0.3, -0.25) is 4.79 Å². The molecule has 0 bridgehead atoms. The van der Waals surface area contributed by atoms with Gasteiger partial charge in [0, 0.05) is 25.6 Å². The summed E-state index contributed by atoms with van der Waals surface area (Å²) in [5.74, 6) is 0.459. The summed E-state index contributed by atoms with van der Waals surface area (Å²) in [7, 11) is 0. The molecule has 112 valence electrons. The maximum atomic E-state index is 12.7. The quantitative estimate of drug-likeness (QED) is 0.804. The second-order valence-electron chi connectivity index (χ2n) is 6.23. The predicted molar refractivity (Wildman–Crippen MR) is 77.9 cm³/mol. The molecule has 1 heterocycles. The van der Waals surface area contributed by atoms with Crippen LogP contribution in [0.15, 0.2) is 0 Å². The molecule has 4 heteroatoms. The van der Waals surface area contributed by atoms with E-state index >= 15 is 0 Å². The van der Waals surface area contributed by atoms with Crippen LogP contribution in [0.25, 0.3) is 0 Å². The van der Waals surface area contributed by atoms with Crippen LogP contribution in [0, 0.1) is 5.92 Å². The van der Waals surface area contributed by atoms with Crippen molar-refractivity contribution in [3.63, 3.8) is 0 Å². The number of nitrogens with zero attached hydrogens (tertiary/aromatic N) is 1. The lowest BCUT2D eigenvalue weighted by molar-refractivity contribution is -0.163. The van der Waals surface area contributed by atoms with E-state index in [1.807, 2.05) is 18.7 Å². The third-order valence-corrected chi connectivity index (χ3v) is 3.68. The first-order valence-electron chi connectivity index (χ1n) is 7.60. The highest BCUT2D eigenvalue weighted by atomic mass is 16.5. The van der Waals surface area contributed by atoms with Crippen molar-refractivity contribution >= 4 is 5.91 Å². The van der Waals surface area contributed by atoms with E-state index in [9.17, 15) is 4.79 Å². The molecule has 2 N–H and O–H groups in total. The van der Waals surface area contributed by atoms with E-state index in [-0.39, 0.29) is 17.6 Å². The van der Waals surface area contributed by atoms with Crippen LogP contribution in [0.1, 0.15) is 53.4 Å². The summed E-state index contributed by atoms with van der Waals surface area (Å²) in [6, 6.07) is 0. The summed E-state index contributed by atoms with van der Waals surface area (Å²) < 4.78 is 5.88. The number of morpholine rings is 1. The molecule has 0 aliphatic carbocycles. The van der Waals surface area contributed by atoms with Gasteiger partial charge in [-0.05, 0) is 26.7 Å². The fourth-order valence-electron chi connectivity index (χ4n) is 2.93. The van der Waals surface area contributed by atoms with Gasteiger partial charge < -0.3 is 15.4 Å². The van der Waals surface area contributed by atoms with Gasteiger partial charge in [0.25, 0.3) is 0 Å². The highest BCUT2D eigenvalue weighted by molar-refractivity contribution is 5.79. The maximum absolute atomic E-state index is 12.7. The molecule has 1 atom stereocenters. The molecule has 1 aliphatic heterocycles. The Kier molecular flexibility index (Phi) is 6.27. The average molecular weight is 270 g/mol. The maximum Gasteiger partial charge on any atom is 0.225 e. The van der Waals surface area contributed by atoms with Crippen molar-refractivity contribution in [1.29, 1.82) is 0 Å². The second-order valence-corrected chi connectivity index (χ2v) is 6.23. The number of nitrogens with two attached hydrogens (primary N) is 1. The summed E-state index contributed by atoms with van der Waals surface area (Å²) >= 11 is 0. The zero-order valence-corrected chi connectivity index (χ0v) is 12.9. The van der Waals surface area contributed by atoms with E-state index in [2.05, 4.69) is 13.8 Å². The predicted octanol–water partition coefficient (Wildman–Crippen LogP) is 2.17. The van der Waals surface area contributed by atoms with E-state index in [1.165, 1.54) is 0 Å². The number of rotatable bonds is 6. The molecule has 4 nitrogen and oxygen atoms in total. The topological polar surface area (TPSA) is 55.6 Å². The van der Waals surface area contributed by atoms with Gasteiger partial charge in [-0.25, -0.2) is 0 Å². The SMILES string of the molecule is CCCC(CCC)C(=O)N1CC(CN)OC(C)(C)C1. The number of hydrogen-bond donors (Lipinski definition) is 1. The van der Waals surface area contributed by atoms with Crippen LogP contribution in [0.2, 0.25) is 0 Å². The molecule has 0 aromatic carbocycles. The van der Waals surface area contributed by atoms with E-state index in [0.29, 0.717) is 25.5 Å². The van der Waals surface area contributed by atoms with Crippen LogP contribution in [0.4, 0.5) is 0 Å². The van der Waals surface area contributed by atoms with Crippen LogP contribution in [-0.2, 0) is 9.53 Å². The van der Waals surface area contributed by atoms with Gasteiger partial charge in [-0.15, -0.1) is 0 Å². The fourth-order valence-corrected chi connectivity index (χ4v) is 2.93. The standard InChI is InChI=1S/C15H30N2O2/c1-5-7-12(8-6-2)14(18)17-10-13(9-16)19-15(3,4)11-17/h12-13H,5-11,16H2,1-4H3. The number of ether oxygens (including phenoxy) is 1. The van der Waals surface area contributed by atoms with Crippen LogP contribution < -0.4 is 5.73 Å². The fraction of sp³-hybridized carbons (Fsp3) is 0.933. The van der Waals surface area contributed by atoms with Gasteiger partial charge in [-0.1, -0.05) is 26.7 Å². The minimum atomic E-state index is -0.291. The first-order valence-corrected chi connectivity index (χ1v) is 7.60. The van der Waals surface area contributed by atoms with Gasteiger partial charge in [0.15, 0.2) is 0 Å². The Morgan fingerprint density at radius 1 is 1.37 bits per heavy atom. The summed E-state index contributed by atoms with van der Waals surface area (Å²) in [5, 5.41) is 0. The number of carbonyl (C=O) groups excluding carboxylic acids is 1.